The van der Waals surface area contributed by atoms with Gasteiger partial charge in [-0.2, -0.15) is 0 Å². The van der Waals surface area contributed by atoms with Gasteiger partial charge in [0.05, 0.1) is 0 Å². The molecule has 0 spiro atoms. The van der Waals surface area contributed by atoms with Crippen LogP contribution in [0.2, 0.25) is 0 Å². The van der Waals surface area contributed by atoms with E-state index in [0.717, 1.165) is 31.4 Å². The maximum atomic E-state index is 12.7. The molecule has 3 rings (SSSR count). The summed E-state index contributed by atoms with van der Waals surface area (Å²) in [4.78, 5) is 30.4. The number of carbonyl (C=O) groups excluding carboxylic acids is 2. The number of piperazine rings is 1. The van der Waals surface area contributed by atoms with E-state index in [1.165, 1.54) is 0 Å². The van der Waals surface area contributed by atoms with Crippen LogP contribution < -0.4 is 0 Å². The predicted molar refractivity (Wildman–Crippen MR) is 95.2 cm³/mol. The van der Waals surface area contributed by atoms with Gasteiger partial charge < -0.3 is 19.4 Å². The number of amides is 3. The summed E-state index contributed by atoms with van der Waals surface area (Å²) in [5, 5.41) is 0. The van der Waals surface area contributed by atoms with E-state index in [2.05, 4.69) is 6.92 Å². The number of urea groups is 1. The normalized spacial score (nSPS) is 17.3. The van der Waals surface area contributed by atoms with E-state index in [1.54, 1.807) is 4.90 Å². The minimum absolute atomic E-state index is 0.127. The summed E-state index contributed by atoms with van der Waals surface area (Å²) in [6.07, 6.45) is 2.92. The third-order valence-corrected chi connectivity index (χ3v) is 4.71. The van der Waals surface area contributed by atoms with Crippen LogP contribution in [0.1, 0.15) is 31.7 Å². The molecule has 2 fully saturated rings. The van der Waals surface area contributed by atoms with E-state index in [9.17, 15) is 9.59 Å². The third kappa shape index (κ3) is 4.65. The smallest absolute Gasteiger partial charge is 0.410 e. The van der Waals surface area contributed by atoms with Gasteiger partial charge in [-0.25, -0.2) is 9.59 Å². The molecule has 136 valence electrons. The Kier molecular flexibility index (Phi) is 5.79. The molecule has 1 saturated carbocycles. The van der Waals surface area contributed by atoms with Crippen LogP contribution >= 0.6 is 0 Å². The molecule has 1 aromatic rings. The molecule has 1 aliphatic heterocycles. The molecule has 1 aromatic carbocycles. The van der Waals surface area contributed by atoms with E-state index < -0.39 is 0 Å². The van der Waals surface area contributed by atoms with Crippen molar-refractivity contribution >= 4 is 12.1 Å². The van der Waals surface area contributed by atoms with Crippen LogP contribution in [-0.2, 0) is 11.3 Å². The van der Waals surface area contributed by atoms with Gasteiger partial charge in [0.15, 0.2) is 0 Å². The zero-order valence-corrected chi connectivity index (χ0v) is 14.9. The molecule has 0 radical (unpaired) electrons. The van der Waals surface area contributed by atoms with Gasteiger partial charge in [-0.3, -0.25) is 0 Å². The molecule has 1 saturated heterocycles. The quantitative estimate of drug-likeness (QED) is 0.824. The summed E-state index contributed by atoms with van der Waals surface area (Å²) >= 11 is 0. The van der Waals surface area contributed by atoms with E-state index in [4.69, 9.17) is 4.74 Å². The van der Waals surface area contributed by atoms with Crippen molar-refractivity contribution in [3.8, 4) is 0 Å². The lowest BCUT2D eigenvalue weighted by atomic mass is 10.2. The first-order valence-electron chi connectivity index (χ1n) is 9.20. The summed E-state index contributed by atoms with van der Waals surface area (Å²) in [5.41, 5.74) is 0.976. The van der Waals surface area contributed by atoms with Crippen molar-refractivity contribution in [1.29, 1.82) is 0 Å². The highest BCUT2D eigenvalue weighted by molar-refractivity contribution is 5.76. The monoisotopic (exact) mass is 345 g/mol. The van der Waals surface area contributed by atoms with Crippen LogP contribution in [0.5, 0.6) is 0 Å². The van der Waals surface area contributed by atoms with Crippen LogP contribution in [0.25, 0.3) is 0 Å². The zero-order chi connectivity index (χ0) is 17.6. The number of hydrogen-bond acceptors (Lipinski definition) is 3. The summed E-state index contributed by atoms with van der Waals surface area (Å²) in [6.45, 7) is 5.42. The van der Waals surface area contributed by atoms with Crippen molar-refractivity contribution in [3.05, 3.63) is 35.9 Å². The van der Waals surface area contributed by atoms with Crippen LogP contribution in [0.4, 0.5) is 9.59 Å². The Morgan fingerprint density at radius 1 is 1.08 bits per heavy atom. The van der Waals surface area contributed by atoms with Crippen LogP contribution in [0.15, 0.2) is 30.3 Å². The molecule has 25 heavy (non-hydrogen) atoms. The van der Waals surface area contributed by atoms with Crippen molar-refractivity contribution < 1.29 is 14.3 Å². The summed E-state index contributed by atoms with van der Waals surface area (Å²) in [6, 6.07) is 10.2. The van der Waals surface area contributed by atoms with Crippen molar-refractivity contribution in [2.45, 2.75) is 38.8 Å². The first kappa shape index (κ1) is 17.6. The third-order valence-electron chi connectivity index (χ3n) is 4.71. The lowest BCUT2D eigenvalue weighted by Gasteiger charge is -2.37. The van der Waals surface area contributed by atoms with E-state index >= 15 is 0 Å². The lowest BCUT2D eigenvalue weighted by Crippen LogP contribution is -2.54. The van der Waals surface area contributed by atoms with E-state index in [0.29, 0.717) is 32.2 Å². The Morgan fingerprint density at radius 2 is 1.72 bits per heavy atom. The summed E-state index contributed by atoms with van der Waals surface area (Å²) in [5.74, 6) is 0. The second kappa shape index (κ2) is 8.23. The second-order valence-electron chi connectivity index (χ2n) is 6.72. The summed E-state index contributed by atoms with van der Waals surface area (Å²) in [7, 11) is 0. The van der Waals surface area contributed by atoms with Crippen LogP contribution in [0, 0.1) is 0 Å². The number of ether oxygens (including phenoxy) is 1. The molecular weight excluding hydrogens is 318 g/mol. The second-order valence-corrected chi connectivity index (χ2v) is 6.72. The maximum Gasteiger partial charge on any atom is 0.410 e. The standard InChI is InChI=1S/C19H27N3O3/c1-2-10-22(17-8-9-17)18(23)20-11-13-21(14-12-20)19(24)25-15-16-6-4-3-5-7-16/h3-7,17H,2,8-15H2,1H3. The number of nitrogens with zero attached hydrogens (tertiary/aromatic N) is 3. The number of carbonyl (C=O) groups is 2. The lowest BCUT2D eigenvalue weighted by molar-refractivity contribution is 0.0710. The van der Waals surface area contributed by atoms with Gasteiger partial charge in [0.1, 0.15) is 6.61 Å². The molecule has 2 aliphatic rings. The van der Waals surface area contributed by atoms with Gasteiger partial charge in [0, 0.05) is 38.8 Å². The fraction of sp³-hybridized carbons (Fsp3) is 0.579. The Morgan fingerprint density at radius 3 is 2.32 bits per heavy atom. The van der Waals surface area contributed by atoms with Crippen LogP contribution in [0.3, 0.4) is 0 Å². The largest absolute Gasteiger partial charge is 0.445 e. The first-order valence-corrected chi connectivity index (χ1v) is 9.20. The average Bonchev–Trinajstić information content (AvgIpc) is 3.49. The molecule has 0 bridgehead atoms. The molecule has 1 aliphatic carbocycles. The number of benzene rings is 1. The van der Waals surface area contributed by atoms with Gasteiger partial charge in [-0.15, -0.1) is 0 Å². The molecule has 6 heteroatoms. The Balaban J connectivity index is 1.44. The van der Waals surface area contributed by atoms with Crippen molar-refractivity contribution in [2.24, 2.45) is 0 Å². The Labute approximate surface area is 149 Å². The van der Waals surface area contributed by atoms with Gasteiger partial charge >= 0.3 is 12.1 Å². The van der Waals surface area contributed by atoms with Gasteiger partial charge in [-0.1, -0.05) is 37.3 Å². The highest BCUT2D eigenvalue weighted by Crippen LogP contribution is 2.28. The minimum Gasteiger partial charge on any atom is -0.445 e. The Bertz CT molecular complexity index is 581. The Hall–Kier alpha value is -2.24. The summed E-state index contributed by atoms with van der Waals surface area (Å²) < 4.78 is 5.37. The first-order chi connectivity index (χ1) is 12.2. The number of hydrogen-bond donors (Lipinski definition) is 0. The van der Waals surface area contributed by atoms with Crippen molar-refractivity contribution in [2.75, 3.05) is 32.7 Å². The number of rotatable bonds is 5. The van der Waals surface area contributed by atoms with Crippen LogP contribution in [-0.4, -0.2) is 65.6 Å². The molecule has 0 aromatic heterocycles. The maximum absolute atomic E-state index is 12.7. The molecule has 3 amide bonds. The molecule has 1 heterocycles. The van der Waals surface area contributed by atoms with Gasteiger partial charge in [0.2, 0.25) is 0 Å². The highest BCUT2D eigenvalue weighted by atomic mass is 16.6. The molecule has 0 unspecified atom stereocenters. The highest BCUT2D eigenvalue weighted by Gasteiger charge is 2.35. The predicted octanol–water partition coefficient (Wildman–Crippen LogP) is 2.94. The zero-order valence-electron chi connectivity index (χ0n) is 14.9. The molecule has 6 nitrogen and oxygen atoms in total. The average molecular weight is 345 g/mol. The topological polar surface area (TPSA) is 53.1 Å². The van der Waals surface area contributed by atoms with Crippen molar-refractivity contribution in [3.63, 3.8) is 0 Å². The SMILES string of the molecule is CCCN(C(=O)N1CCN(C(=O)OCc2ccccc2)CC1)C1CC1. The molecule has 0 atom stereocenters. The molecular formula is C19H27N3O3. The van der Waals surface area contributed by atoms with E-state index in [-0.39, 0.29) is 18.7 Å². The van der Waals surface area contributed by atoms with Crippen molar-refractivity contribution in [1.82, 2.24) is 14.7 Å². The van der Waals surface area contributed by atoms with Gasteiger partial charge in [-0.05, 0) is 24.8 Å². The van der Waals surface area contributed by atoms with E-state index in [1.807, 2.05) is 40.1 Å². The van der Waals surface area contributed by atoms with Gasteiger partial charge in [0.25, 0.3) is 0 Å². The molecule has 0 N–H and O–H groups in total. The fourth-order valence-corrected chi connectivity index (χ4v) is 3.13. The minimum atomic E-state index is -0.302. The fourth-order valence-electron chi connectivity index (χ4n) is 3.13.